The maximum absolute atomic E-state index is 16.0. The number of likely N-dealkylation sites (tertiary alicyclic amines) is 1. The number of alkyl halides is 2. The van der Waals surface area contributed by atoms with E-state index in [1.165, 1.54) is 23.5 Å². The third kappa shape index (κ3) is 3.18. The minimum absolute atomic E-state index is 0.124. The molecule has 0 N–H and O–H groups in total. The summed E-state index contributed by atoms with van der Waals surface area (Å²) >= 11 is 1.25. The van der Waals surface area contributed by atoms with Crippen LogP contribution in [0.2, 0.25) is 0 Å². The molecular weight excluding hydrogens is 535 g/mol. The van der Waals surface area contributed by atoms with Crippen molar-refractivity contribution in [1.82, 2.24) is 14.9 Å². The molecule has 40 heavy (non-hydrogen) atoms. The largest absolute Gasteiger partial charge is 0.355 e. The Hall–Kier alpha value is -3.71. The minimum atomic E-state index is -3.04. The zero-order valence-corrected chi connectivity index (χ0v) is 22.7. The van der Waals surface area contributed by atoms with Crippen LogP contribution in [0.25, 0.3) is 11.1 Å². The van der Waals surface area contributed by atoms with E-state index in [0.717, 1.165) is 6.42 Å². The SMILES string of the molecule is C=CC(=O)N1CC2(CCN(c3nc4c(c(-c5ccccc5F)c3C#N)CC[C@@]3(c5scnc5C)[C@H]4C3(F)F)C2)C1. The standard InChI is InChI=1S/C30H26F3N5OS/c1-3-22(39)38-14-28(15-38)10-11-37(13-28)27-20(12-34)23(18-6-4-5-7-21(18)31)19-8-9-29(26-17(2)35-16-40-26)25(24(19)36-27)30(29,32)33/h3-7,16,25H,1,8-11,13-15H2,2H3/t25-,29-/m0/s1. The molecule has 4 heterocycles. The second-order valence-electron chi connectivity index (χ2n) is 11.5. The molecule has 2 aromatic heterocycles. The lowest BCUT2D eigenvalue weighted by atomic mass is 9.79. The highest BCUT2D eigenvalue weighted by atomic mass is 32.1. The number of nitrogens with zero attached hydrogens (tertiary/aromatic N) is 5. The van der Waals surface area contributed by atoms with E-state index in [1.807, 2.05) is 4.90 Å². The molecule has 1 aromatic carbocycles. The molecule has 1 spiro atoms. The van der Waals surface area contributed by atoms with Crippen molar-refractivity contribution in [3.05, 3.63) is 75.6 Å². The van der Waals surface area contributed by atoms with E-state index in [2.05, 4.69) is 17.6 Å². The summed E-state index contributed by atoms with van der Waals surface area (Å²) < 4.78 is 47.2. The van der Waals surface area contributed by atoms with Gasteiger partial charge in [-0.2, -0.15) is 5.26 Å². The number of pyridine rings is 1. The zero-order chi connectivity index (χ0) is 28.0. The predicted octanol–water partition coefficient (Wildman–Crippen LogP) is 5.37. The number of benzene rings is 1. The highest BCUT2D eigenvalue weighted by Crippen LogP contribution is 2.76. The Morgan fingerprint density at radius 2 is 2.02 bits per heavy atom. The Labute approximate surface area is 233 Å². The first-order valence-corrected chi connectivity index (χ1v) is 14.2. The summed E-state index contributed by atoms with van der Waals surface area (Å²) in [5, 5.41) is 10.4. The average Bonchev–Trinajstić information content (AvgIpc) is 3.30. The van der Waals surface area contributed by atoms with Gasteiger partial charge in [-0.25, -0.2) is 23.1 Å². The van der Waals surface area contributed by atoms with Crippen LogP contribution in [0.4, 0.5) is 19.0 Å². The van der Waals surface area contributed by atoms with Gasteiger partial charge in [0.1, 0.15) is 23.3 Å². The molecule has 2 aliphatic heterocycles. The molecule has 0 unspecified atom stereocenters. The van der Waals surface area contributed by atoms with Crippen LogP contribution in [0.1, 0.15) is 46.2 Å². The Balaban J connectivity index is 1.38. The van der Waals surface area contributed by atoms with Crippen molar-refractivity contribution in [1.29, 1.82) is 5.26 Å². The number of thiazole rings is 1. The van der Waals surface area contributed by atoms with E-state index in [-0.39, 0.29) is 41.0 Å². The fourth-order valence-corrected chi connectivity index (χ4v) is 8.57. The van der Waals surface area contributed by atoms with Crippen molar-refractivity contribution >= 4 is 23.1 Å². The topological polar surface area (TPSA) is 73.1 Å². The highest BCUT2D eigenvalue weighted by molar-refractivity contribution is 7.10. The molecule has 3 aromatic rings. The molecule has 3 fully saturated rings. The van der Waals surface area contributed by atoms with Crippen molar-refractivity contribution in [3.63, 3.8) is 0 Å². The Morgan fingerprint density at radius 1 is 1.25 bits per heavy atom. The smallest absolute Gasteiger partial charge is 0.268 e. The number of aryl methyl sites for hydroxylation is 1. The van der Waals surface area contributed by atoms with E-state index in [1.54, 1.807) is 35.5 Å². The van der Waals surface area contributed by atoms with Gasteiger partial charge >= 0.3 is 0 Å². The highest BCUT2D eigenvalue weighted by Gasteiger charge is 2.84. The summed E-state index contributed by atoms with van der Waals surface area (Å²) in [6.45, 7) is 7.54. The number of fused-ring (bicyclic) bond motifs is 3. The van der Waals surface area contributed by atoms with Crippen LogP contribution in [0.15, 0.2) is 42.4 Å². The van der Waals surface area contributed by atoms with Crippen LogP contribution in [-0.2, 0) is 16.6 Å². The molecule has 204 valence electrons. The minimum Gasteiger partial charge on any atom is -0.355 e. The molecule has 1 amide bonds. The Morgan fingerprint density at radius 3 is 2.70 bits per heavy atom. The van der Waals surface area contributed by atoms with E-state index in [9.17, 15) is 10.1 Å². The first kappa shape index (κ1) is 25.3. The summed E-state index contributed by atoms with van der Waals surface area (Å²) in [5.74, 6) is -4.51. The quantitative estimate of drug-likeness (QED) is 0.401. The van der Waals surface area contributed by atoms with Gasteiger partial charge in [-0.05, 0) is 43.9 Å². The van der Waals surface area contributed by atoms with Crippen LogP contribution in [0.3, 0.4) is 0 Å². The monoisotopic (exact) mass is 561 g/mol. The van der Waals surface area contributed by atoms with E-state index in [0.29, 0.717) is 53.7 Å². The Kier molecular flexibility index (Phi) is 5.31. The lowest BCUT2D eigenvalue weighted by Gasteiger charge is -2.47. The van der Waals surface area contributed by atoms with Crippen LogP contribution in [0.5, 0.6) is 0 Å². The van der Waals surface area contributed by atoms with Gasteiger partial charge in [0.25, 0.3) is 5.92 Å². The fourth-order valence-electron chi connectivity index (χ4n) is 7.46. The second-order valence-corrected chi connectivity index (χ2v) is 12.4. The molecule has 6 nitrogen and oxygen atoms in total. The van der Waals surface area contributed by atoms with Crippen molar-refractivity contribution < 1.29 is 18.0 Å². The maximum atomic E-state index is 16.0. The third-order valence-corrected chi connectivity index (χ3v) is 10.5. The Bertz CT molecular complexity index is 1640. The molecule has 2 atom stereocenters. The molecule has 10 heteroatoms. The van der Waals surface area contributed by atoms with Crippen molar-refractivity contribution in [2.24, 2.45) is 5.41 Å². The average molecular weight is 562 g/mol. The number of carbonyl (C=O) groups is 1. The normalized spacial score (nSPS) is 25.1. The van der Waals surface area contributed by atoms with Crippen LogP contribution in [-0.4, -0.2) is 52.9 Å². The fraction of sp³-hybridized carbons (Fsp3) is 0.400. The summed E-state index contributed by atoms with van der Waals surface area (Å²) in [4.78, 5) is 25.5. The van der Waals surface area contributed by atoms with E-state index < -0.39 is 23.1 Å². The summed E-state index contributed by atoms with van der Waals surface area (Å²) in [7, 11) is 0. The van der Waals surface area contributed by atoms with Crippen LogP contribution in [0, 0.1) is 29.5 Å². The number of anilines is 1. The van der Waals surface area contributed by atoms with Gasteiger partial charge in [0.15, 0.2) is 0 Å². The molecule has 4 aliphatic rings. The van der Waals surface area contributed by atoms with Crippen molar-refractivity contribution in [3.8, 4) is 17.2 Å². The first-order chi connectivity index (χ1) is 19.2. The number of halogens is 3. The first-order valence-electron chi connectivity index (χ1n) is 13.3. The molecule has 0 bridgehead atoms. The number of aromatic nitrogens is 2. The number of hydrogen-bond acceptors (Lipinski definition) is 6. The third-order valence-electron chi connectivity index (χ3n) is 9.40. The number of nitriles is 1. The molecule has 2 saturated heterocycles. The van der Waals surface area contributed by atoms with Gasteiger partial charge < -0.3 is 9.80 Å². The molecule has 2 aliphatic carbocycles. The number of amides is 1. The van der Waals surface area contributed by atoms with Gasteiger partial charge in [-0.1, -0.05) is 24.8 Å². The molecular formula is C30H26F3N5OS. The number of hydrogen-bond donors (Lipinski definition) is 0. The van der Waals surface area contributed by atoms with E-state index >= 15 is 13.2 Å². The van der Waals surface area contributed by atoms with Crippen LogP contribution >= 0.6 is 11.3 Å². The van der Waals surface area contributed by atoms with Gasteiger partial charge in [-0.15, -0.1) is 11.3 Å². The van der Waals surface area contributed by atoms with Gasteiger partial charge in [0.2, 0.25) is 5.91 Å². The molecule has 1 saturated carbocycles. The number of carbonyl (C=O) groups excluding carboxylic acids is 1. The zero-order valence-electron chi connectivity index (χ0n) is 21.9. The van der Waals surface area contributed by atoms with Gasteiger partial charge in [0.05, 0.1) is 28.2 Å². The number of rotatable bonds is 4. The summed E-state index contributed by atoms with van der Waals surface area (Å²) in [5.41, 5.74) is 2.26. The lowest BCUT2D eigenvalue weighted by molar-refractivity contribution is -0.136. The van der Waals surface area contributed by atoms with Crippen molar-refractivity contribution in [2.45, 2.75) is 43.4 Å². The summed E-state index contributed by atoms with van der Waals surface area (Å²) in [6.07, 6.45) is 2.50. The lowest BCUT2D eigenvalue weighted by Crippen LogP contribution is -2.59. The second kappa shape index (κ2) is 8.40. The van der Waals surface area contributed by atoms with Crippen molar-refractivity contribution in [2.75, 3.05) is 31.1 Å². The van der Waals surface area contributed by atoms with Gasteiger partial charge in [0, 0.05) is 47.6 Å². The maximum Gasteiger partial charge on any atom is 0.268 e. The van der Waals surface area contributed by atoms with Crippen LogP contribution < -0.4 is 4.90 Å². The molecule has 7 rings (SSSR count). The van der Waals surface area contributed by atoms with E-state index in [4.69, 9.17) is 4.98 Å². The van der Waals surface area contributed by atoms with Gasteiger partial charge in [-0.3, -0.25) is 4.79 Å². The molecule has 0 radical (unpaired) electrons. The summed E-state index contributed by atoms with van der Waals surface area (Å²) in [6, 6.07) is 8.46. The predicted molar refractivity (Wildman–Crippen MR) is 145 cm³/mol.